The SMILES string of the molecule is CCC1CCC(NC(=O)N[C@H](CO)C(=O)O)CC1. The minimum atomic E-state index is -1.24. The summed E-state index contributed by atoms with van der Waals surface area (Å²) in [6, 6.07) is -1.64. The Hall–Kier alpha value is -1.30. The number of carbonyl (C=O) groups excluding carboxylic acids is 1. The molecule has 0 aliphatic heterocycles. The van der Waals surface area contributed by atoms with Gasteiger partial charge in [0.15, 0.2) is 6.04 Å². The highest BCUT2D eigenvalue weighted by molar-refractivity contribution is 5.82. The molecule has 0 saturated heterocycles. The van der Waals surface area contributed by atoms with Gasteiger partial charge in [-0.2, -0.15) is 0 Å². The molecule has 2 amide bonds. The van der Waals surface area contributed by atoms with E-state index in [0.29, 0.717) is 0 Å². The Bertz CT molecular complexity index is 288. The van der Waals surface area contributed by atoms with Crippen LogP contribution in [0.15, 0.2) is 0 Å². The van der Waals surface area contributed by atoms with E-state index < -0.39 is 24.6 Å². The van der Waals surface area contributed by atoms with Gasteiger partial charge in [-0.1, -0.05) is 13.3 Å². The summed E-state index contributed by atoms with van der Waals surface area (Å²) < 4.78 is 0. The second-order valence-electron chi connectivity index (χ2n) is 4.82. The lowest BCUT2D eigenvalue weighted by molar-refractivity contribution is -0.140. The van der Waals surface area contributed by atoms with E-state index in [4.69, 9.17) is 10.2 Å². The summed E-state index contributed by atoms with van der Waals surface area (Å²) >= 11 is 0. The third-order valence-electron chi connectivity index (χ3n) is 3.55. The highest BCUT2D eigenvalue weighted by Gasteiger charge is 2.23. The number of carbonyl (C=O) groups is 2. The number of hydrogen-bond acceptors (Lipinski definition) is 3. The minimum absolute atomic E-state index is 0.112. The van der Waals surface area contributed by atoms with E-state index in [1.165, 1.54) is 6.42 Å². The van der Waals surface area contributed by atoms with E-state index in [1.807, 2.05) is 0 Å². The molecule has 0 aromatic carbocycles. The van der Waals surface area contributed by atoms with Gasteiger partial charge in [0.05, 0.1) is 6.61 Å². The maximum atomic E-state index is 11.5. The third-order valence-corrected chi connectivity index (χ3v) is 3.55. The average Bonchev–Trinajstić information content (AvgIpc) is 2.36. The molecule has 0 unspecified atom stereocenters. The highest BCUT2D eigenvalue weighted by atomic mass is 16.4. The summed E-state index contributed by atoms with van der Waals surface area (Å²) in [4.78, 5) is 22.2. The number of aliphatic hydroxyl groups is 1. The molecule has 4 N–H and O–H groups in total. The molecule has 1 aliphatic rings. The van der Waals surface area contributed by atoms with E-state index in [0.717, 1.165) is 31.6 Å². The second kappa shape index (κ2) is 7.20. The zero-order valence-electron chi connectivity index (χ0n) is 10.7. The summed E-state index contributed by atoms with van der Waals surface area (Å²) in [5.74, 6) is -0.488. The zero-order valence-corrected chi connectivity index (χ0v) is 10.7. The van der Waals surface area contributed by atoms with Crippen LogP contribution in [0, 0.1) is 5.92 Å². The number of carboxylic acid groups (broad SMARTS) is 1. The largest absolute Gasteiger partial charge is 0.480 e. The Balaban J connectivity index is 2.30. The monoisotopic (exact) mass is 258 g/mol. The number of amides is 2. The Labute approximate surface area is 107 Å². The fourth-order valence-corrected chi connectivity index (χ4v) is 2.29. The molecule has 0 radical (unpaired) electrons. The molecule has 1 aliphatic carbocycles. The van der Waals surface area contributed by atoms with Crippen molar-refractivity contribution in [3.05, 3.63) is 0 Å². The lowest BCUT2D eigenvalue weighted by Gasteiger charge is -2.28. The number of rotatable bonds is 5. The van der Waals surface area contributed by atoms with Gasteiger partial charge in [0.2, 0.25) is 0 Å². The van der Waals surface area contributed by atoms with Gasteiger partial charge >= 0.3 is 12.0 Å². The first kappa shape index (κ1) is 14.8. The molecular formula is C12H22N2O4. The van der Waals surface area contributed by atoms with Crippen molar-refractivity contribution < 1.29 is 19.8 Å². The van der Waals surface area contributed by atoms with Crippen LogP contribution in [0.5, 0.6) is 0 Å². The lowest BCUT2D eigenvalue weighted by Crippen LogP contribution is -2.51. The van der Waals surface area contributed by atoms with Crippen molar-refractivity contribution in [3.8, 4) is 0 Å². The van der Waals surface area contributed by atoms with Gasteiger partial charge in [0.1, 0.15) is 0 Å². The van der Waals surface area contributed by atoms with Crippen LogP contribution in [-0.2, 0) is 4.79 Å². The van der Waals surface area contributed by atoms with Crippen LogP contribution >= 0.6 is 0 Å². The van der Waals surface area contributed by atoms with Crippen molar-refractivity contribution in [3.63, 3.8) is 0 Å². The van der Waals surface area contributed by atoms with E-state index in [1.54, 1.807) is 0 Å². The number of urea groups is 1. The van der Waals surface area contributed by atoms with Crippen LogP contribution in [0.1, 0.15) is 39.0 Å². The van der Waals surface area contributed by atoms with Gasteiger partial charge in [-0.15, -0.1) is 0 Å². The van der Waals surface area contributed by atoms with Gasteiger partial charge in [-0.25, -0.2) is 9.59 Å². The number of nitrogens with one attached hydrogen (secondary N) is 2. The summed E-state index contributed by atoms with van der Waals surface area (Å²) in [6.45, 7) is 1.56. The first-order valence-electron chi connectivity index (χ1n) is 6.47. The van der Waals surface area contributed by atoms with E-state index in [2.05, 4.69) is 17.6 Å². The van der Waals surface area contributed by atoms with Gasteiger partial charge < -0.3 is 20.8 Å². The fourth-order valence-electron chi connectivity index (χ4n) is 2.29. The molecule has 18 heavy (non-hydrogen) atoms. The van der Waals surface area contributed by atoms with Crippen LogP contribution in [-0.4, -0.2) is 40.9 Å². The highest BCUT2D eigenvalue weighted by Crippen LogP contribution is 2.26. The normalized spacial score (nSPS) is 25.2. The molecule has 0 bridgehead atoms. The predicted octanol–water partition coefficient (Wildman–Crippen LogP) is 0.700. The molecule has 0 heterocycles. The number of hydrogen-bond donors (Lipinski definition) is 4. The molecule has 1 saturated carbocycles. The molecule has 0 aromatic heterocycles. The molecule has 1 atom stereocenters. The summed E-state index contributed by atoms with van der Waals surface area (Å²) in [5, 5.41) is 22.5. The topological polar surface area (TPSA) is 98.7 Å². The van der Waals surface area contributed by atoms with Crippen LogP contribution in [0.25, 0.3) is 0 Å². The first-order chi connectivity index (χ1) is 8.56. The van der Waals surface area contributed by atoms with Crippen molar-refractivity contribution in [1.82, 2.24) is 10.6 Å². The number of aliphatic hydroxyl groups excluding tert-OH is 1. The second-order valence-corrected chi connectivity index (χ2v) is 4.82. The predicted molar refractivity (Wildman–Crippen MR) is 66.2 cm³/mol. The fraction of sp³-hybridized carbons (Fsp3) is 0.833. The Morgan fingerprint density at radius 3 is 2.33 bits per heavy atom. The number of aliphatic carboxylic acids is 1. The summed E-state index contributed by atoms with van der Waals surface area (Å²) in [6.07, 6.45) is 5.24. The van der Waals surface area contributed by atoms with Gasteiger partial charge in [0, 0.05) is 6.04 Å². The molecule has 1 fully saturated rings. The van der Waals surface area contributed by atoms with Gasteiger partial charge in [-0.3, -0.25) is 0 Å². The van der Waals surface area contributed by atoms with Crippen molar-refractivity contribution in [1.29, 1.82) is 0 Å². The molecule has 6 heteroatoms. The van der Waals surface area contributed by atoms with Crippen LogP contribution in [0.4, 0.5) is 4.79 Å². The van der Waals surface area contributed by atoms with Crippen molar-refractivity contribution >= 4 is 12.0 Å². The molecular weight excluding hydrogens is 236 g/mol. The quantitative estimate of drug-likeness (QED) is 0.583. The molecule has 6 nitrogen and oxygen atoms in total. The smallest absolute Gasteiger partial charge is 0.328 e. The maximum Gasteiger partial charge on any atom is 0.328 e. The third kappa shape index (κ3) is 4.52. The zero-order chi connectivity index (χ0) is 13.5. The number of carboxylic acids is 1. The molecule has 0 spiro atoms. The summed E-state index contributed by atoms with van der Waals surface area (Å²) in [5.41, 5.74) is 0. The van der Waals surface area contributed by atoms with Crippen LogP contribution in [0.3, 0.4) is 0 Å². The van der Waals surface area contributed by atoms with Crippen molar-refractivity contribution in [2.24, 2.45) is 5.92 Å². The van der Waals surface area contributed by atoms with Gasteiger partial charge in [-0.05, 0) is 31.6 Å². The minimum Gasteiger partial charge on any atom is -0.480 e. The molecule has 0 aromatic rings. The Kier molecular flexibility index (Phi) is 5.91. The lowest BCUT2D eigenvalue weighted by atomic mass is 9.85. The van der Waals surface area contributed by atoms with Crippen LogP contribution in [0.2, 0.25) is 0 Å². The van der Waals surface area contributed by atoms with Crippen molar-refractivity contribution in [2.75, 3.05) is 6.61 Å². The Morgan fingerprint density at radius 1 is 1.28 bits per heavy atom. The average molecular weight is 258 g/mol. The van der Waals surface area contributed by atoms with E-state index >= 15 is 0 Å². The van der Waals surface area contributed by atoms with Crippen molar-refractivity contribution in [2.45, 2.75) is 51.1 Å². The van der Waals surface area contributed by atoms with E-state index in [-0.39, 0.29) is 6.04 Å². The molecule has 104 valence electrons. The van der Waals surface area contributed by atoms with Crippen LogP contribution < -0.4 is 10.6 Å². The maximum absolute atomic E-state index is 11.5. The van der Waals surface area contributed by atoms with E-state index in [9.17, 15) is 9.59 Å². The molecule has 1 rings (SSSR count). The first-order valence-corrected chi connectivity index (χ1v) is 6.47. The summed E-state index contributed by atoms with van der Waals surface area (Å²) in [7, 11) is 0. The Morgan fingerprint density at radius 2 is 1.89 bits per heavy atom. The van der Waals surface area contributed by atoms with Gasteiger partial charge in [0.25, 0.3) is 0 Å². The standard InChI is InChI=1S/C12H22N2O4/c1-2-8-3-5-9(6-4-8)13-12(18)14-10(7-15)11(16)17/h8-10,15H,2-7H2,1H3,(H,16,17)(H2,13,14,18)/t8?,9?,10-/m1/s1.